The Morgan fingerprint density at radius 1 is 1.43 bits per heavy atom. The van der Waals surface area contributed by atoms with E-state index in [0.717, 1.165) is 25.9 Å². The number of sulfonamides is 1. The number of likely N-dealkylation sites (N-methyl/N-ethyl adjacent to an activating group) is 2. The predicted molar refractivity (Wildman–Crippen MR) is 87.8 cm³/mol. The smallest absolute Gasteiger partial charge is 0.243 e. The van der Waals surface area contributed by atoms with E-state index in [4.69, 9.17) is 18.0 Å². The van der Waals surface area contributed by atoms with Crippen LogP contribution in [0.2, 0.25) is 0 Å². The Balaban J connectivity index is 2.35. The van der Waals surface area contributed by atoms with Crippen molar-refractivity contribution in [1.82, 2.24) is 9.21 Å². The van der Waals surface area contributed by atoms with Crippen LogP contribution in [0.25, 0.3) is 0 Å². The molecule has 21 heavy (non-hydrogen) atoms. The summed E-state index contributed by atoms with van der Waals surface area (Å²) < 4.78 is 27.2. The van der Waals surface area contributed by atoms with Crippen LogP contribution in [0.4, 0.5) is 0 Å². The number of likely N-dealkylation sites (tertiary alicyclic amines) is 1. The number of piperidine rings is 1. The molecule has 0 saturated carbocycles. The van der Waals surface area contributed by atoms with Gasteiger partial charge in [0.05, 0.1) is 4.90 Å². The molecule has 0 radical (unpaired) electrons. The minimum atomic E-state index is -3.60. The van der Waals surface area contributed by atoms with Crippen LogP contribution < -0.4 is 5.73 Å². The Bertz CT molecular complexity index is 631. The Morgan fingerprint density at radius 3 is 2.71 bits per heavy atom. The summed E-state index contributed by atoms with van der Waals surface area (Å²) in [7, 11) is 0.0454. The van der Waals surface area contributed by atoms with Gasteiger partial charge in [-0.2, -0.15) is 4.31 Å². The van der Waals surface area contributed by atoms with Crippen molar-refractivity contribution in [1.29, 1.82) is 0 Å². The van der Waals surface area contributed by atoms with Gasteiger partial charge in [0.15, 0.2) is 0 Å². The molecule has 2 N–H and O–H groups in total. The quantitative estimate of drug-likeness (QED) is 0.837. The molecule has 1 saturated heterocycles. The van der Waals surface area contributed by atoms with Gasteiger partial charge in [-0.25, -0.2) is 8.42 Å². The summed E-state index contributed by atoms with van der Waals surface area (Å²) in [5.41, 5.74) is 6.06. The van der Waals surface area contributed by atoms with Crippen molar-refractivity contribution in [3.63, 3.8) is 0 Å². The van der Waals surface area contributed by atoms with E-state index >= 15 is 0 Å². The molecule has 1 aliphatic heterocycles. The summed E-state index contributed by atoms with van der Waals surface area (Å²) in [5, 5.41) is 0. The Kier molecular flexibility index (Phi) is 4.98. The monoisotopic (exact) mass is 327 g/mol. The summed E-state index contributed by atoms with van der Waals surface area (Å²) in [4.78, 5) is 2.44. The molecule has 1 heterocycles. The van der Waals surface area contributed by atoms with E-state index in [2.05, 4.69) is 4.90 Å². The Morgan fingerprint density at radius 2 is 2.10 bits per heavy atom. The highest BCUT2D eigenvalue weighted by Crippen LogP contribution is 2.24. The summed E-state index contributed by atoms with van der Waals surface area (Å²) in [5.74, 6) is 0. The first kappa shape index (κ1) is 16.4. The second kappa shape index (κ2) is 6.39. The van der Waals surface area contributed by atoms with Gasteiger partial charge in [0.25, 0.3) is 0 Å². The fourth-order valence-corrected chi connectivity index (χ4v) is 4.51. The average molecular weight is 327 g/mol. The van der Waals surface area contributed by atoms with E-state index in [1.54, 1.807) is 31.3 Å². The molecule has 1 atom stereocenters. The maximum Gasteiger partial charge on any atom is 0.243 e. The summed E-state index contributed by atoms with van der Waals surface area (Å²) in [6, 6.07) is 6.62. The van der Waals surface area contributed by atoms with Gasteiger partial charge in [0, 0.05) is 25.2 Å². The van der Waals surface area contributed by atoms with Crippen LogP contribution in [0.15, 0.2) is 29.2 Å². The largest absolute Gasteiger partial charge is 0.389 e. The third kappa shape index (κ3) is 3.42. The fourth-order valence-electron chi connectivity index (χ4n) is 2.68. The number of nitrogens with two attached hydrogens (primary N) is 1. The molecule has 1 aliphatic rings. The lowest BCUT2D eigenvalue weighted by Gasteiger charge is -2.35. The Labute approximate surface area is 131 Å². The predicted octanol–water partition coefficient (Wildman–Crippen LogP) is 1.04. The lowest BCUT2D eigenvalue weighted by Crippen LogP contribution is -2.47. The van der Waals surface area contributed by atoms with Crippen LogP contribution >= 0.6 is 12.2 Å². The van der Waals surface area contributed by atoms with Crippen molar-refractivity contribution in [3.8, 4) is 0 Å². The van der Waals surface area contributed by atoms with Crippen LogP contribution in [0, 0.1) is 0 Å². The third-order valence-electron chi connectivity index (χ3n) is 3.92. The molecule has 1 unspecified atom stereocenters. The average Bonchev–Trinajstić information content (AvgIpc) is 2.46. The zero-order chi connectivity index (χ0) is 15.6. The molecule has 0 bridgehead atoms. The van der Waals surface area contributed by atoms with Crippen molar-refractivity contribution in [2.24, 2.45) is 5.73 Å². The molecule has 5 nitrogen and oxygen atoms in total. The lowest BCUT2D eigenvalue weighted by molar-refractivity contribution is 0.187. The second-order valence-corrected chi connectivity index (χ2v) is 7.85. The van der Waals surface area contributed by atoms with Crippen LogP contribution in [-0.2, 0) is 10.0 Å². The normalized spacial score (nSPS) is 20.6. The first-order valence-corrected chi connectivity index (χ1v) is 8.74. The molecule has 0 aromatic heterocycles. The van der Waals surface area contributed by atoms with E-state index in [0.29, 0.717) is 5.56 Å². The maximum atomic E-state index is 12.9. The standard InChI is InChI=1S/C14H21N3O2S2/c1-16-9-5-6-11(10-16)17(2)21(18,19)13-8-4-3-7-12(13)14(15)20/h3-4,7-8,11H,5-6,9-10H2,1-2H3,(H2,15,20). The van der Waals surface area contributed by atoms with Gasteiger partial charge >= 0.3 is 0 Å². The SMILES string of the molecule is CN1CCCC(N(C)S(=O)(=O)c2ccccc2C(N)=S)C1. The van der Waals surface area contributed by atoms with Gasteiger partial charge in [-0.3, -0.25) is 0 Å². The highest BCUT2D eigenvalue weighted by Gasteiger charge is 2.32. The number of nitrogens with zero attached hydrogens (tertiary/aromatic N) is 2. The summed E-state index contributed by atoms with van der Waals surface area (Å²) >= 11 is 4.97. The minimum Gasteiger partial charge on any atom is -0.389 e. The van der Waals surface area contributed by atoms with Crippen LogP contribution in [0.3, 0.4) is 0 Å². The second-order valence-electron chi connectivity index (χ2n) is 5.44. The molecule has 1 aromatic carbocycles. The highest BCUT2D eigenvalue weighted by molar-refractivity contribution is 7.89. The van der Waals surface area contributed by atoms with Crippen molar-refractivity contribution < 1.29 is 8.42 Å². The van der Waals surface area contributed by atoms with Crippen molar-refractivity contribution in [2.45, 2.75) is 23.8 Å². The Hall–Kier alpha value is -1.02. The molecular weight excluding hydrogens is 306 g/mol. The number of rotatable bonds is 4. The molecule has 1 aromatic rings. The van der Waals surface area contributed by atoms with E-state index in [9.17, 15) is 8.42 Å². The van der Waals surface area contributed by atoms with Gasteiger partial charge in [0.1, 0.15) is 4.99 Å². The molecule has 7 heteroatoms. The highest BCUT2D eigenvalue weighted by atomic mass is 32.2. The van der Waals surface area contributed by atoms with E-state index in [1.165, 1.54) is 4.31 Å². The molecule has 2 rings (SSSR count). The zero-order valence-corrected chi connectivity index (χ0v) is 14.0. The topological polar surface area (TPSA) is 66.6 Å². The van der Waals surface area contributed by atoms with Crippen LogP contribution in [0.1, 0.15) is 18.4 Å². The molecular formula is C14H21N3O2S2. The first-order chi connectivity index (χ1) is 9.84. The number of hydrogen-bond donors (Lipinski definition) is 1. The van der Waals surface area contributed by atoms with Crippen molar-refractivity contribution in [2.75, 3.05) is 27.2 Å². The fraction of sp³-hybridized carbons (Fsp3) is 0.500. The molecule has 116 valence electrons. The summed E-state index contributed by atoms with van der Waals surface area (Å²) in [6.07, 6.45) is 1.87. The minimum absolute atomic E-state index is 0.0202. The van der Waals surface area contributed by atoms with Gasteiger partial charge in [0.2, 0.25) is 10.0 Å². The van der Waals surface area contributed by atoms with Gasteiger partial charge in [-0.15, -0.1) is 0 Å². The van der Waals surface area contributed by atoms with E-state index in [-0.39, 0.29) is 15.9 Å². The molecule has 1 fully saturated rings. The van der Waals surface area contributed by atoms with Crippen LogP contribution in [-0.4, -0.2) is 55.8 Å². The molecule has 0 spiro atoms. The van der Waals surface area contributed by atoms with E-state index < -0.39 is 10.0 Å². The van der Waals surface area contributed by atoms with Crippen molar-refractivity contribution >= 4 is 27.2 Å². The number of benzene rings is 1. The number of thiocarbonyl (C=S) groups is 1. The third-order valence-corrected chi connectivity index (χ3v) is 6.11. The lowest BCUT2D eigenvalue weighted by atomic mass is 10.1. The van der Waals surface area contributed by atoms with Crippen molar-refractivity contribution in [3.05, 3.63) is 29.8 Å². The van der Waals surface area contributed by atoms with Gasteiger partial charge < -0.3 is 10.6 Å². The first-order valence-electron chi connectivity index (χ1n) is 6.89. The number of hydrogen-bond acceptors (Lipinski definition) is 4. The molecule has 0 aliphatic carbocycles. The zero-order valence-electron chi connectivity index (χ0n) is 12.3. The van der Waals surface area contributed by atoms with Crippen LogP contribution in [0.5, 0.6) is 0 Å². The summed E-state index contributed by atoms with van der Waals surface area (Å²) in [6.45, 7) is 1.75. The van der Waals surface area contributed by atoms with E-state index in [1.807, 2.05) is 7.05 Å². The van der Waals surface area contributed by atoms with Gasteiger partial charge in [-0.1, -0.05) is 30.4 Å². The molecule has 0 amide bonds. The van der Waals surface area contributed by atoms with Gasteiger partial charge in [-0.05, 0) is 32.5 Å². The maximum absolute atomic E-state index is 12.9.